The molecule has 0 saturated heterocycles. The van der Waals surface area contributed by atoms with Gasteiger partial charge < -0.3 is 15.2 Å². The lowest BCUT2D eigenvalue weighted by atomic mass is 10.1. The van der Waals surface area contributed by atoms with Crippen LogP contribution in [0.15, 0.2) is 12.1 Å². The number of carboxylic acid groups (broad SMARTS) is 1. The van der Waals surface area contributed by atoms with Crippen molar-refractivity contribution in [2.75, 3.05) is 11.9 Å². The number of nitrogens with one attached hydrogen (secondary N) is 1. The third-order valence-corrected chi connectivity index (χ3v) is 3.87. The molecule has 0 aromatic carbocycles. The van der Waals surface area contributed by atoms with Crippen molar-refractivity contribution in [2.24, 2.45) is 0 Å². The van der Waals surface area contributed by atoms with Gasteiger partial charge in [0.15, 0.2) is 0 Å². The normalized spacial score (nSPS) is 16.9. The van der Waals surface area contributed by atoms with Crippen LogP contribution in [-0.2, 0) is 6.54 Å². The van der Waals surface area contributed by atoms with Gasteiger partial charge in [0.05, 0.1) is 11.7 Å². The van der Waals surface area contributed by atoms with E-state index in [9.17, 15) is 14.3 Å². The van der Waals surface area contributed by atoms with Crippen LogP contribution in [0.2, 0.25) is 0 Å². The van der Waals surface area contributed by atoms with Crippen LogP contribution in [0.4, 0.5) is 10.2 Å². The van der Waals surface area contributed by atoms with Gasteiger partial charge in [0.1, 0.15) is 17.1 Å². The average molecular weight is 334 g/mol. The fraction of sp³-hybridized carbons (Fsp3) is 0.438. The van der Waals surface area contributed by atoms with E-state index in [-0.39, 0.29) is 28.8 Å². The monoisotopic (exact) mass is 334 g/mol. The van der Waals surface area contributed by atoms with Crippen LogP contribution < -0.4 is 10.1 Å². The summed E-state index contributed by atoms with van der Waals surface area (Å²) in [6, 6.07) is 3.08. The van der Waals surface area contributed by atoms with Gasteiger partial charge in [-0.15, -0.1) is 0 Å². The van der Waals surface area contributed by atoms with Crippen molar-refractivity contribution in [1.29, 1.82) is 0 Å². The first-order chi connectivity index (χ1) is 11.5. The first-order valence-corrected chi connectivity index (χ1v) is 7.92. The van der Waals surface area contributed by atoms with Crippen molar-refractivity contribution in [3.63, 3.8) is 0 Å². The van der Waals surface area contributed by atoms with Gasteiger partial charge in [0.2, 0.25) is 11.8 Å². The molecule has 0 radical (unpaired) electrons. The maximum absolute atomic E-state index is 14.4. The molecule has 128 valence electrons. The van der Waals surface area contributed by atoms with E-state index in [1.54, 1.807) is 6.07 Å². The van der Waals surface area contributed by atoms with Gasteiger partial charge in [-0.1, -0.05) is 0 Å². The molecule has 0 saturated carbocycles. The molecule has 0 fully saturated rings. The van der Waals surface area contributed by atoms with E-state index in [0.29, 0.717) is 18.9 Å². The lowest BCUT2D eigenvalue weighted by Crippen LogP contribution is -2.12. The zero-order chi connectivity index (χ0) is 17.3. The van der Waals surface area contributed by atoms with Crippen molar-refractivity contribution in [3.05, 3.63) is 23.6 Å². The number of aromatic carboxylic acids is 1. The predicted octanol–water partition coefficient (Wildman–Crippen LogP) is 2.78. The Labute approximate surface area is 138 Å². The smallest absolute Gasteiger partial charge is 0.343 e. The van der Waals surface area contributed by atoms with Crippen molar-refractivity contribution >= 4 is 11.8 Å². The molecular formula is C16H19FN4O3. The largest absolute Gasteiger partial charge is 0.477 e. The number of carbonyl (C=O) groups is 1. The van der Waals surface area contributed by atoms with E-state index in [4.69, 9.17) is 4.74 Å². The van der Waals surface area contributed by atoms with Gasteiger partial charge in [-0.05, 0) is 38.8 Å². The van der Waals surface area contributed by atoms with Crippen molar-refractivity contribution in [1.82, 2.24) is 14.8 Å². The number of hydrogen-bond donors (Lipinski definition) is 2. The minimum absolute atomic E-state index is 0.0413. The number of nitrogens with zero attached hydrogens (tertiary/aromatic N) is 3. The summed E-state index contributed by atoms with van der Waals surface area (Å²) in [6.07, 6.45) is 1.51. The van der Waals surface area contributed by atoms with E-state index < -0.39 is 11.9 Å². The van der Waals surface area contributed by atoms with E-state index in [1.807, 2.05) is 13.8 Å². The molecule has 2 aromatic rings. The van der Waals surface area contributed by atoms with Crippen LogP contribution >= 0.6 is 0 Å². The SMILES string of the molecule is CCNc1ccc(-c2nn3c(c2C(=O)O)OC(C)CCC3)c(F)n1. The molecule has 0 aliphatic carbocycles. The molecule has 0 spiro atoms. The van der Waals surface area contributed by atoms with Gasteiger partial charge in [-0.3, -0.25) is 0 Å². The molecule has 0 bridgehead atoms. The van der Waals surface area contributed by atoms with Gasteiger partial charge in [0, 0.05) is 13.1 Å². The molecule has 1 aliphatic rings. The number of halogens is 1. The molecule has 2 N–H and O–H groups in total. The standard InChI is InChI=1S/C16H19FN4O3/c1-3-18-11-7-6-10(14(17)19-11)13-12(16(22)23)15-21(20-13)8-4-5-9(2)24-15/h6-7,9H,3-5,8H2,1-2H3,(H,18,19)(H,22,23). The van der Waals surface area contributed by atoms with Crippen LogP contribution in [0.25, 0.3) is 11.3 Å². The number of fused-ring (bicyclic) bond motifs is 1. The summed E-state index contributed by atoms with van der Waals surface area (Å²) in [5.74, 6) is -1.40. The highest BCUT2D eigenvalue weighted by Crippen LogP contribution is 2.34. The van der Waals surface area contributed by atoms with Crippen molar-refractivity contribution < 1.29 is 19.0 Å². The first kappa shape index (κ1) is 16.2. The third-order valence-electron chi connectivity index (χ3n) is 3.87. The Kier molecular flexibility index (Phi) is 4.37. The minimum Gasteiger partial charge on any atom is -0.477 e. The molecule has 3 rings (SSSR count). The zero-order valence-electron chi connectivity index (χ0n) is 13.5. The zero-order valence-corrected chi connectivity index (χ0v) is 13.5. The second kappa shape index (κ2) is 6.46. The molecule has 1 aliphatic heterocycles. The maximum atomic E-state index is 14.4. The van der Waals surface area contributed by atoms with Crippen LogP contribution in [0.5, 0.6) is 5.88 Å². The Bertz CT molecular complexity index is 775. The van der Waals surface area contributed by atoms with Crippen molar-refractivity contribution in [2.45, 2.75) is 39.3 Å². The predicted molar refractivity (Wildman–Crippen MR) is 85.9 cm³/mol. The van der Waals surface area contributed by atoms with Crippen molar-refractivity contribution in [3.8, 4) is 17.1 Å². The number of anilines is 1. The number of hydrogen-bond acceptors (Lipinski definition) is 5. The Morgan fingerprint density at radius 2 is 2.33 bits per heavy atom. The molecular weight excluding hydrogens is 315 g/mol. The summed E-state index contributed by atoms with van der Waals surface area (Å²) in [6.45, 7) is 4.89. The molecule has 0 amide bonds. The summed E-state index contributed by atoms with van der Waals surface area (Å²) in [5.41, 5.74) is -0.0359. The summed E-state index contributed by atoms with van der Waals surface area (Å²) < 4.78 is 21.6. The number of pyridine rings is 1. The highest BCUT2D eigenvalue weighted by Gasteiger charge is 2.30. The number of aromatic nitrogens is 3. The highest BCUT2D eigenvalue weighted by molar-refractivity contribution is 5.97. The summed E-state index contributed by atoms with van der Waals surface area (Å²) in [5, 5.41) is 16.8. The number of aryl methyl sites for hydroxylation is 1. The fourth-order valence-electron chi connectivity index (χ4n) is 2.77. The van der Waals surface area contributed by atoms with Gasteiger partial charge in [0.25, 0.3) is 0 Å². The lowest BCUT2D eigenvalue weighted by Gasteiger charge is -2.11. The minimum atomic E-state index is -1.20. The Hall–Kier alpha value is -2.64. The first-order valence-electron chi connectivity index (χ1n) is 7.92. The van der Waals surface area contributed by atoms with Gasteiger partial charge >= 0.3 is 5.97 Å². The topological polar surface area (TPSA) is 89.3 Å². The van der Waals surface area contributed by atoms with E-state index in [2.05, 4.69) is 15.4 Å². The van der Waals surface area contributed by atoms with Crippen LogP contribution in [0, 0.1) is 5.95 Å². The summed E-state index contributed by atoms with van der Waals surface area (Å²) >= 11 is 0. The maximum Gasteiger partial charge on any atom is 0.343 e. The number of carboxylic acids is 1. The van der Waals surface area contributed by atoms with Crippen LogP contribution in [0.3, 0.4) is 0 Å². The number of ether oxygens (including phenoxy) is 1. The molecule has 8 heteroatoms. The molecule has 24 heavy (non-hydrogen) atoms. The van der Waals surface area contributed by atoms with Crippen LogP contribution in [0.1, 0.15) is 37.0 Å². The van der Waals surface area contributed by atoms with E-state index in [1.165, 1.54) is 10.7 Å². The van der Waals surface area contributed by atoms with E-state index in [0.717, 1.165) is 12.8 Å². The second-order valence-corrected chi connectivity index (χ2v) is 5.69. The summed E-state index contributed by atoms with van der Waals surface area (Å²) in [7, 11) is 0. The molecule has 1 unspecified atom stereocenters. The Morgan fingerprint density at radius 1 is 1.54 bits per heavy atom. The number of rotatable bonds is 4. The lowest BCUT2D eigenvalue weighted by molar-refractivity contribution is 0.0690. The summed E-state index contributed by atoms with van der Waals surface area (Å²) in [4.78, 5) is 15.6. The fourth-order valence-corrected chi connectivity index (χ4v) is 2.77. The Balaban J connectivity index is 2.11. The molecule has 3 heterocycles. The third kappa shape index (κ3) is 2.91. The Morgan fingerprint density at radius 3 is 3.00 bits per heavy atom. The van der Waals surface area contributed by atoms with Crippen LogP contribution in [-0.4, -0.2) is 38.5 Å². The highest BCUT2D eigenvalue weighted by atomic mass is 19.1. The quantitative estimate of drug-likeness (QED) is 0.836. The van der Waals surface area contributed by atoms with E-state index >= 15 is 0 Å². The molecule has 2 aromatic heterocycles. The van der Waals surface area contributed by atoms with Gasteiger partial charge in [-0.25, -0.2) is 14.5 Å². The average Bonchev–Trinajstić information content (AvgIpc) is 2.76. The molecule has 7 nitrogen and oxygen atoms in total. The second-order valence-electron chi connectivity index (χ2n) is 5.69. The molecule has 1 atom stereocenters. The van der Waals surface area contributed by atoms with Gasteiger partial charge in [-0.2, -0.15) is 9.49 Å².